The molecule has 0 aromatic carbocycles. The first kappa shape index (κ1) is 15.1. The molecule has 0 aromatic rings. The zero-order valence-electron chi connectivity index (χ0n) is 7.65. The van der Waals surface area contributed by atoms with Gasteiger partial charge < -0.3 is 4.90 Å². The Morgan fingerprint density at radius 1 is 1.09 bits per heavy atom. The van der Waals surface area contributed by atoms with Crippen LogP contribution in [0.3, 0.4) is 0 Å². The van der Waals surface area contributed by atoms with Crippen LogP contribution < -0.4 is 0 Å². The Labute approximate surface area is 99.2 Å². The Morgan fingerprint density at radius 3 is 1.36 bits per heavy atom. The Hall–Kier alpha value is 1.58. The van der Waals surface area contributed by atoms with Crippen molar-refractivity contribution in [2.45, 2.75) is 20.8 Å². The van der Waals surface area contributed by atoms with Crippen LogP contribution in [0.5, 0.6) is 0 Å². The molecule has 0 rings (SSSR count). The molecular formula is C7H15I2NV. The molecule has 0 N–H and O–H groups in total. The van der Waals surface area contributed by atoms with E-state index in [1.54, 1.807) is 0 Å². The van der Waals surface area contributed by atoms with Crippen LogP contribution in [0.4, 0.5) is 0 Å². The summed E-state index contributed by atoms with van der Waals surface area (Å²) in [6.45, 7) is 6.36. The van der Waals surface area contributed by atoms with E-state index in [4.69, 9.17) is 0 Å². The first-order chi connectivity index (χ1) is 4.97. The number of rotatable bonds is 1. The number of allylic oxidation sites excluding steroid dienone is 2. The fourth-order valence-corrected chi connectivity index (χ4v) is 0.447. The van der Waals surface area contributed by atoms with Gasteiger partial charge in [0.15, 0.2) is 0 Å². The van der Waals surface area contributed by atoms with Crippen molar-refractivity contribution in [2.75, 3.05) is 14.1 Å². The van der Waals surface area contributed by atoms with Crippen LogP contribution in [-0.4, -0.2) is 19.0 Å². The van der Waals surface area contributed by atoms with Crippen LogP contribution in [0.2, 0.25) is 0 Å². The van der Waals surface area contributed by atoms with E-state index in [9.17, 15) is 0 Å². The van der Waals surface area contributed by atoms with Gasteiger partial charge in [-0.3, -0.25) is 0 Å². The molecule has 4 heteroatoms. The molecule has 0 heterocycles. The second-order valence-corrected chi connectivity index (χ2v) is 14.3. The third-order valence-electron chi connectivity index (χ3n) is 1.39. The van der Waals surface area contributed by atoms with Gasteiger partial charge in [-0.05, 0) is 20.8 Å². The molecule has 0 bridgehead atoms. The van der Waals surface area contributed by atoms with Crippen molar-refractivity contribution in [2.24, 2.45) is 0 Å². The number of halogens is 2. The van der Waals surface area contributed by atoms with Crippen molar-refractivity contribution in [1.82, 2.24) is 4.90 Å². The number of hydrogen-bond acceptors (Lipinski definition) is 1. The fourth-order valence-electron chi connectivity index (χ4n) is 0.447. The molecule has 0 unspecified atom stereocenters. The Bertz CT molecular complexity index is 120. The molecule has 0 radical (unpaired) electrons. The van der Waals surface area contributed by atoms with Crippen molar-refractivity contribution < 1.29 is 9.47 Å². The van der Waals surface area contributed by atoms with Gasteiger partial charge >= 0.3 is 49.4 Å². The van der Waals surface area contributed by atoms with Crippen molar-refractivity contribution in [3.8, 4) is 0 Å². The molecule has 0 aliphatic heterocycles. The van der Waals surface area contributed by atoms with Crippen molar-refractivity contribution >= 4 is 40.0 Å². The summed E-state index contributed by atoms with van der Waals surface area (Å²) in [5.74, 6) is 0. The van der Waals surface area contributed by atoms with Gasteiger partial charge in [-0.2, -0.15) is 0 Å². The third kappa shape index (κ3) is 11.6. The van der Waals surface area contributed by atoms with Crippen LogP contribution in [0.1, 0.15) is 20.8 Å². The van der Waals surface area contributed by atoms with Crippen molar-refractivity contribution in [3.05, 3.63) is 11.3 Å². The van der Waals surface area contributed by atoms with Crippen LogP contribution >= 0.6 is 40.0 Å². The summed E-state index contributed by atoms with van der Waals surface area (Å²) in [5.41, 5.74) is 2.74. The second kappa shape index (κ2) is 9.67. The van der Waals surface area contributed by atoms with E-state index in [0.29, 0.717) is 9.47 Å². The molecule has 0 fully saturated rings. The van der Waals surface area contributed by atoms with Crippen molar-refractivity contribution in [1.29, 1.82) is 0 Å². The Balaban J connectivity index is 0. The summed E-state index contributed by atoms with van der Waals surface area (Å²) < 4.78 is 0. The SMILES string of the molecule is CC(C)=C(C)N(C)C.[I][V][I]. The molecule has 0 amide bonds. The molecule has 67 valence electrons. The minimum atomic E-state index is 0.628. The van der Waals surface area contributed by atoms with Gasteiger partial charge in [0.1, 0.15) is 0 Å². The normalized spacial score (nSPS) is 7.55. The summed E-state index contributed by atoms with van der Waals surface area (Å²) in [7, 11) is 4.74. The number of nitrogens with zero attached hydrogens (tertiary/aromatic N) is 1. The third-order valence-corrected chi connectivity index (χ3v) is 1.39. The van der Waals surface area contributed by atoms with E-state index in [2.05, 4.69) is 79.7 Å². The summed E-state index contributed by atoms with van der Waals surface area (Å²) in [6.07, 6.45) is 0. The number of hydrogen-bond donors (Lipinski definition) is 0. The summed E-state index contributed by atoms with van der Waals surface area (Å²) in [6, 6.07) is 0. The molecule has 1 nitrogen and oxygen atoms in total. The standard InChI is InChI=1S/C7H15N.2HI.V/c1-6(2)7(3)8(4)5;;;/h1-5H3;2*1H;/q;;;+2/p-2. The van der Waals surface area contributed by atoms with E-state index in [1.165, 1.54) is 11.3 Å². The van der Waals surface area contributed by atoms with Gasteiger partial charge in [-0.25, -0.2) is 0 Å². The van der Waals surface area contributed by atoms with Crippen LogP contribution in [-0.2, 0) is 9.47 Å². The topological polar surface area (TPSA) is 3.24 Å². The maximum absolute atomic E-state index is 2.37. The first-order valence-corrected chi connectivity index (χ1v) is 12.2. The molecule has 11 heavy (non-hydrogen) atoms. The zero-order chi connectivity index (χ0) is 9.44. The molecule has 0 atom stereocenters. The molecule has 0 aliphatic carbocycles. The predicted molar refractivity (Wildman–Crippen MR) is 65.8 cm³/mol. The molecular weight excluding hydrogens is 403 g/mol. The van der Waals surface area contributed by atoms with E-state index in [0.717, 1.165) is 0 Å². The minimum absolute atomic E-state index is 0.628. The van der Waals surface area contributed by atoms with Crippen LogP contribution in [0.15, 0.2) is 11.3 Å². The fraction of sp³-hybridized carbons (Fsp3) is 0.714. The van der Waals surface area contributed by atoms with E-state index >= 15 is 0 Å². The quantitative estimate of drug-likeness (QED) is 0.589. The molecule has 0 aliphatic rings. The zero-order valence-corrected chi connectivity index (χ0v) is 13.4. The Kier molecular flexibility index (Phi) is 13.3. The maximum atomic E-state index is 2.37. The summed E-state index contributed by atoms with van der Waals surface area (Å²) >= 11 is 4.74. The van der Waals surface area contributed by atoms with Gasteiger partial charge in [-0.1, -0.05) is 5.57 Å². The van der Waals surface area contributed by atoms with Gasteiger partial charge in [-0.15, -0.1) is 0 Å². The summed E-state index contributed by atoms with van der Waals surface area (Å²) in [5, 5.41) is 0. The monoisotopic (exact) mass is 418 g/mol. The van der Waals surface area contributed by atoms with Gasteiger partial charge in [0, 0.05) is 19.8 Å². The van der Waals surface area contributed by atoms with Crippen LogP contribution in [0.25, 0.3) is 0 Å². The molecule has 0 aromatic heterocycles. The second-order valence-electron chi connectivity index (χ2n) is 2.54. The molecule has 0 saturated carbocycles. The van der Waals surface area contributed by atoms with E-state index in [1.807, 2.05) is 0 Å². The predicted octanol–water partition coefficient (Wildman–Crippen LogP) is 3.63. The average Bonchev–Trinajstić information content (AvgIpc) is 1.87. The van der Waals surface area contributed by atoms with Crippen molar-refractivity contribution in [3.63, 3.8) is 0 Å². The first-order valence-electron chi connectivity index (χ1n) is 3.21. The summed E-state index contributed by atoms with van der Waals surface area (Å²) in [4.78, 5) is 2.12. The average molecular weight is 418 g/mol. The van der Waals surface area contributed by atoms with Gasteiger partial charge in [0.05, 0.1) is 0 Å². The molecule has 0 spiro atoms. The Morgan fingerprint density at radius 2 is 1.36 bits per heavy atom. The van der Waals surface area contributed by atoms with Gasteiger partial charge in [0.25, 0.3) is 0 Å². The van der Waals surface area contributed by atoms with Crippen LogP contribution in [0, 0.1) is 0 Å². The molecule has 0 saturated heterocycles. The van der Waals surface area contributed by atoms with Gasteiger partial charge in [0.2, 0.25) is 0 Å². The van der Waals surface area contributed by atoms with E-state index < -0.39 is 0 Å². The van der Waals surface area contributed by atoms with E-state index in [-0.39, 0.29) is 0 Å².